The minimum Gasteiger partial charge on any atom is -0.338 e. The lowest BCUT2D eigenvalue weighted by Gasteiger charge is -2.36. The number of benzene rings is 2. The molecule has 0 unspecified atom stereocenters. The molecule has 2 aliphatic heterocycles. The zero-order valence-corrected chi connectivity index (χ0v) is 21.0. The zero-order chi connectivity index (χ0) is 25.4. The van der Waals surface area contributed by atoms with E-state index in [0.29, 0.717) is 42.2 Å². The van der Waals surface area contributed by atoms with Gasteiger partial charge in [0.15, 0.2) is 0 Å². The van der Waals surface area contributed by atoms with Gasteiger partial charge < -0.3 is 4.90 Å². The zero-order valence-electron chi connectivity index (χ0n) is 20.3. The van der Waals surface area contributed by atoms with Gasteiger partial charge in [0.2, 0.25) is 11.8 Å². The van der Waals surface area contributed by atoms with Crippen molar-refractivity contribution in [3.63, 3.8) is 0 Å². The fourth-order valence-electron chi connectivity index (χ4n) is 5.12. The standard InChI is InChI=1S/C28H27ClN4O3/c1-18-25(26(35)32-14-12-28(13-15-32)17-24(34)30-27(28)36)19(2)33(31-18)23-5-3-4-21(16-23)7-6-20-8-10-22(29)11-9-20/h3-11,16H,12-15,17H2,1-2H3,(H,30,34,36). The maximum Gasteiger partial charge on any atom is 0.257 e. The molecule has 0 aliphatic carbocycles. The molecule has 7 nitrogen and oxygen atoms in total. The minimum atomic E-state index is -0.665. The van der Waals surface area contributed by atoms with Gasteiger partial charge in [0, 0.05) is 24.5 Å². The van der Waals surface area contributed by atoms with Gasteiger partial charge in [-0.1, -0.05) is 48.0 Å². The Labute approximate surface area is 214 Å². The van der Waals surface area contributed by atoms with Crippen LogP contribution in [0.1, 0.15) is 52.1 Å². The van der Waals surface area contributed by atoms with Crippen molar-refractivity contribution in [2.24, 2.45) is 5.41 Å². The molecular formula is C28H27ClN4O3. The maximum absolute atomic E-state index is 13.5. The van der Waals surface area contributed by atoms with Crippen LogP contribution in [0, 0.1) is 19.3 Å². The van der Waals surface area contributed by atoms with E-state index >= 15 is 0 Å². The highest BCUT2D eigenvalue weighted by Crippen LogP contribution is 2.39. The Morgan fingerprint density at radius 1 is 1.03 bits per heavy atom. The van der Waals surface area contributed by atoms with Crippen molar-refractivity contribution in [1.29, 1.82) is 0 Å². The summed E-state index contributed by atoms with van der Waals surface area (Å²) in [5.41, 5.74) is 4.27. The molecule has 3 amide bonds. The molecule has 3 aromatic rings. The van der Waals surface area contributed by atoms with Crippen LogP contribution in [0.25, 0.3) is 17.8 Å². The largest absolute Gasteiger partial charge is 0.338 e. The lowest BCUT2D eigenvalue weighted by molar-refractivity contribution is -0.130. The molecule has 2 fully saturated rings. The van der Waals surface area contributed by atoms with Gasteiger partial charge in [0.25, 0.3) is 5.91 Å². The van der Waals surface area contributed by atoms with Gasteiger partial charge >= 0.3 is 0 Å². The number of nitrogens with zero attached hydrogens (tertiary/aromatic N) is 3. The predicted molar refractivity (Wildman–Crippen MR) is 139 cm³/mol. The van der Waals surface area contributed by atoms with Crippen molar-refractivity contribution in [1.82, 2.24) is 20.0 Å². The van der Waals surface area contributed by atoms with Crippen LogP contribution in [0.2, 0.25) is 5.02 Å². The fourth-order valence-corrected chi connectivity index (χ4v) is 5.25. The number of hydrogen-bond acceptors (Lipinski definition) is 4. The summed E-state index contributed by atoms with van der Waals surface area (Å²) in [6.07, 6.45) is 5.24. The molecule has 3 heterocycles. The van der Waals surface area contributed by atoms with E-state index in [1.807, 2.05) is 74.5 Å². The molecule has 0 radical (unpaired) electrons. The molecule has 1 N–H and O–H groups in total. The Morgan fingerprint density at radius 2 is 1.72 bits per heavy atom. The predicted octanol–water partition coefficient (Wildman–Crippen LogP) is 4.58. The molecule has 2 aromatic carbocycles. The quantitative estimate of drug-likeness (QED) is 0.418. The first-order valence-electron chi connectivity index (χ1n) is 12.0. The molecule has 8 heteroatoms. The van der Waals surface area contributed by atoms with Gasteiger partial charge in [-0.3, -0.25) is 19.7 Å². The van der Waals surface area contributed by atoms with Crippen LogP contribution in [-0.4, -0.2) is 45.5 Å². The van der Waals surface area contributed by atoms with Gasteiger partial charge in [-0.15, -0.1) is 0 Å². The molecule has 0 saturated carbocycles. The van der Waals surface area contributed by atoms with Crippen molar-refractivity contribution < 1.29 is 14.4 Å². The first kappa shape index (κ1) is 24.0. The second kappa shape index (κ2) is 9.39. The van der Waals surface area contributed by atoms with E-state index in [-0.39, 0.29) is 24.1 Å². The first-order valence-corrected chi connectivity index (χ1v) is 12.4. The number of halogens is 1. The Morgan fingerprint density at radius 3 is 2.39 bits per heavy atom. The van der Waals surface area contributed by atoms with Gasteiger partial charge in [0.05, 0.1) is 28.1 Å². The van der Waals surface area contributed by atoms with Crippen molar-refractivity contribution in [2.45, 2.75) is 33.1 Å². The smallest absolute Gasteiger partial charge is 0.257 e. The number of nitrogens with one attached hydrogen (secondary N) is 1. The molecule has 1 aromatic heterocycles. The van der Waals surface area contributed by atoms with Gasteiger partial charge in [-0.05, 0) is 62.1 Å². The van der Waals surface area contributed by atoms with Crippen molar-refractivity contribution in [3.8, 4) is 5.69 Å². The Hall–Kier alpha value is -3.71. The lowest BCUT2D eigenvalue weighted by atomic mass is 9.77. The molecule has 0 bridgehead atoms. The number of carbonyl (C=O) groups excluding carboxylic acids is 3. The minimum absolute atomic E-state index is 0.0883. The number of rotatable bonds is 4. The third kappa shape index (κ3) is 4.46. The number of aryl methyl sites for hydroxylation is 1. The number of likely N-dealkylation sites (tertiary alicyclic amines) is 1. The van der Waals surface area contributed by atoms with Crippen LogP contribution in [0.5, 0.6) is 0 Å². The summed E-state index contributed by atoms with van der Waals surface area (Å²) in [6.45, 7) is 4.62. The fraction of sp³-hybridized carbons (Fsp3) is 0.286. The summed E-state index contributed by atoms with van der Waals surface area (Å²) in [4.78, 5) is 39.2. The second-order valence-corrected chi connectivity index (χ2v) is 10.0. The topological polar surface area (TPSA) is 84.3 Å². The monoisotopic (exact) mass is 502 g/mol. The van der Waals surface area contributed by atoms with Crippen LogP contribution < -0.4 is 5.32 Å². The third-order valence-corrected chi connectivity index (χ3v) is 7.45. The molecule has 2 saturated heterocycles. The number of carbonyl (C=O) groups is 3. The average molecular weight is 503 g/mol. The molecule has 1 spiro atoms. The van der Waals surface area contributed by atoms with Gasteiger partial charge in [0.1, 0.15) is 0 Å². The van der Waals surface area contributed by atoms with E-state index in [9.17, 15) is 14.4 Å². The van der Waals surface area contributed by atoms with E-state index < -0.39 is 5.41 Å². The average Bonchev–Trinajstić information content (AvgIpc) is 3.32. The van der Waals surface area contributed by atoms with E-state index in [2.05, 4.69) is 10.4 Å². The second-order valence-electron chi connectivity index (χ2n) is 9.56. The van der Waals surface area contributed by atoms with Crippen molar-refractivity contribution >= 4 is 41.5 Å². The lowest BCUT2D eigenvalue weighted by Crippen LogP contribution is -2.46. The maximum atomic E-state index is 13.5. The summed E-state index contributed by atoms with van der Waals surface area (Å²) in [6, 6.07) is 15.6. The summed E-state index contributed by atoms with van der Waals surface area (Å²) >= 11 is 5.97. The number of imide groups is 1. The molecule has 2 aliphatic rings. The van der Waals surface area contributed by atoms with E-state index in [1.165, 1.54) is 0 Å². The van der Waals surface area contributed by atoms with Crippen molar-refractivity contribution in [2.75, 3.05) is 13.1 Å². The summed E-state index contributed by atoms with van der Waals surface area (Å²) in [5, 5.41) is 7.79. The van der Waals surface area contributed by atoms with Crippen LogP contribution in [0.15, 0.2) is 48.5 Å². The highest BCUT2D eigenvalue weighted by molar-refractivity contribution is 6.30. The molecule has 184 valence electrons. The SMILES string of the molecule is Cc1nn(-c2cccc(C=Cc3ccc(Cl)cc3)c2)c(C)c1C(=O)N1CCC2(CC1)CC(=O)NC2=O. The van der Waals surface area contributed by atoms with Gasteiger partial charge in [-0.2, -0.15) is 5.10 Å². The van der Waals surface area contributed by atoms with Crippen LogP contribution in [0.4, 0.5) is 0 Å². The van der Waals surface area contributed by atoms with Crippen LogP contribution in [-0.2, 0) is 9.59 Å². The normalized spacial score (nSPS) is 17.2. The number of hydrogen-bond donors (Lipinski definition) is 1. The van der Waals surface area contributed by atoms with Gasteiger partial charge in [-0.25, -0.2) is 4.68 Å². The Bertz CT molecular complexity index is 1380. The molecular weight excluding hydrogens is 476 g/mol. The molecule has 5 rings (SSSR count). The van der Waals surface area contributed by atoms with E-state index in [0.717, 1.165) is 22.5 Å². The van der Waals surface area contributed by atoms with Crippen LogP contribution >= 0.6 is 11.6 Å². The number of piperidine rings is 1. The summed E-state index contributed by atoms with van der Waals surface area (Å²) < 4.78 is 1.80. The number of aromatic nitrogens is 2. The highest BCUT2D eigenvalue weighted by atomic mass is 35.5. The Kier molecular flexibility index (Phi) is 6.26. The van der Waals surface area contributed by atoms with Crippen LogP contribution in [0.3, 0.4) is 0 Å². The summed E-state index contributed by atoms with van der Waals surface area (Å²) in [5.74, 6) is -0.516. The number of amides is 3. The van der Waals surface area contributed by atoms with E-state index in [4.69, 9.17) is 11.6 Å². The summed E-state index contributed by atoms with van der Waals surface area (Å²) in [7, 11) is 0. The molecule has 0 atom stereocenters. The highest BCUT2D eigenvalue weighted by Gasteiger charge is 2.48. The first-order chi connectivity index (χ1) is 17.3. The Balaban J connectivity index is 1.34. The van der Waals surface area contributed by atoms with E-state index in [1.54, 1.807) is 9.58 Å². The molecule has 36 heavy (non-hydrogen) atoms. The third-order valence-electron chi connectivity index (χ3n) is 7.20. The van der Waals surface area contributed by atoms with Crippen molar-refractivity contribution in [3.05, 3.63) is 81.6 Å².